The molecule has 0 aromatic heterocycles. The summed E-state index contributed by atoms with van der Waals surface area (Å²) in [4.78, 5) is 111. The van der Waals surface area contributed by atoms with E-state index in [0.717, 1.165) is 214 Å². The molecule has 9 aliphatic heterocycles. The van der Waals surface area contributed by atoms with Crippen molar-refractivity contribution in [1.29, 1.82) is 0 Å². The first-order valence-electron chi connectivity index (χ1n) is 50.5. The van der Waals surface area contributed by atoms with Gasteiger partial charge in [0.15, 0.2) is 12.6 Å². The number of aldehydes is 2. The number of piperazine rings is 3. The topological polar surface area (TPSA) is 253 Å². The number of anilines is 5. The molecule has 762 valence electrons. The zero-order chi connectivity index (χ0) is 102. The third-order valence-corrected chi connectivity index (χ3v) is 28.0. The van der Waals surface area contributed by atoms with Crippen LogP contribution in [0.2, 0.25) is 0 Å². The summed E-state index contributed by atoms with van der Waals surface area (Å²) in [7, 11) is 3.45. The molecule has 5 amide bonds. The second-order valence-electron chi connectivity index (χ2n) is 37.9. The molecule has 0 saturated carbocycles. The van der Waals surface area contributed by atoms with Gasteiger partial charge in [-0.25, -0.2) is 4.39 Å². The number of hydrogen-bond donors (Lipinski definition) is 3. The van der Waals surface area contributed by atoms with E-state index in [4.69, 9.17) is 19.5 Å². The Kier molecular flexibility index (Phi) is 53.0. The molecule has 28 heteroatoms. The van der Waals surface area contributed by atoms with Gasteiger partial charge in [0.1, 0.15) is 5.82 Å². The molecule has 19 rings (SSSR count). The number of imide groups is 1. The van der Waals surface area contributed by atoms with E-state index in [1.54, 1.807) is 26.4 Å². The van der Waals surface area contributed by atoms with Crippen molar-refractivity contribution in [3.8, 4) is 0 Å². The summed E-state index contributed by atoms with van der Waals surface area (Å²) >= 11 is 3.39. The number of halogens is 2. The van der Waals surface area contributed by atoms with E-state index in [1.165, 1.54) is 126 Å². The number of nitrogens with zero attached hydrogens (tertiary/aromatic N) is 9. The summed E-state index contributed by atoms with van der Waals surface area (Å²) in [6.07, 6.45) is 17.1. The van der Waals surface area contributed by atoms with Gasteiger partial charge in [-0.15, -0.1) is 0 Å². The summed E-state index contributed by atoms with van der Waals surface area (Å²) in [6, 6.07) is 87.8. The number of rotatable bonds is 23. The van der Waals surface area contributed by atoms with E-state index < -0.39 is 5.82 Å². The molecule has 9 fully saturated rings. The Balaban J connectivity index is 0.000000208. The predicted octanol–water partition coefficient (Wildman–Crippen LogP) is 12.0. The van der Waals surface area contributed by atoms with Crippen molar-refractivity contribution in [2.24, 2.45) is 11.8 Å². The Hall–Kier alpha value is -9.10. The van der Waals surface area contributed by atoms with Crippen LogP contribution >= 0.6 is 15.9 Å². The number of hydrogen-bond acceptors (Lipinski definition) is 20. The molecule has 0 aliphatic carbocycles. The number of ether oxygens (including phenoxy) is 2. The van der Waals surface area contributed by atoms with Crippen molar-refractivity contribution in [2.45, 2.75) is 149 Å². The Morgan fingerprint density at radius 3 is 1.24 bits per heavy atom. The Morgan fingerprint density at radius 1 is 0.434 bits per heavy atom. The van der Waals surface area contributed by atoms with Gasteiger partial charge < -0.3 is 61.5 Å². The number of benzene rings is 10. The van der Waals surface area contributed by atoms with Gasteiger partial charge in [-0.05, 0) is 222 Å². The molecule has 10 aromatic rings. The minimum Gasteiger partial charge on any atom is -1.00 e. The van der Waals surface area contributed by atoms with Gasteiger partial charge in [0.25, 0.3) is 6.47 Å². The molecule has 0 bridgehead atoms. The maximum absolute atomic E-state index is 13.2. The molecular weight excluding hydrogens is 1940 g/mol. The van der Waals surface area contributed by atoms with Gasteiger partial charge >= 0.3 is 103 Å². The minimum atomic E-state index is -0.465. The molecule has 9 saturated heterocycles. The second kappa shape index (κ2) is 64.3. The van der Waals surface area contributed by atoms with Gasteiger partial charge in [0.05, 0.1) is 16.8 Å². The van der Waals surface area contributed by atoms with Crippen molar-refractivity contribution in [1.82, 2.24) is 35.6 Å². The smallest absolute Gasteiger partial charge is 1.00 e. The number of amides is 5. The van der Waals surface area contributed by atoms with Crippen LogP contribution in [0, 0.1) is 17.7 Å². The number of likely N-dealkylation sites (tertiary alicyclic amines) is 1. The average molecular weight is 2090 g/mol. The van der Waals surface area contributed by atoms with Gasteiger partial charge in [-0.3, -0.25) is 58.0 Å². The van der Waals surface area contributed by atoms with Crippen LogP contribution in [0.5, 0.6) is 0 Å². The fourth-order valence-electron chi connectivity index (χ4n) is 18.8. The number of carbonyl (C=O) groups excluding carboxylic acids is 8. The summed E-state index contributed by atoms with van der Waals surface area (Å²) in [5, 5.41) is 17.6. The van der Waals surface area contributed by atoms with E-state index in [2.05, 4.69) is 305 Å². The fraction of sp³-hybridized carbons (Fsp3) is 0.402. The van der Waals surface area contributed by atoms with Crippen LogP contribution in [0.15, 0.2) is 271 Å². The molecule has 3 N–H and O–H groups in total. The summed E-state index contributed by atoms with van der Waals surface area (Å²) < 4.78 is 24.4. The standard InChI is InChI=1S/C26H34N2O2.C22H25N3O.C18H20N2O.C16H22N2O.C11H16N2.C10H13BrO.C7H5FO.C6H9NO2.CH2O3.2K.H/c1-26(2,30-3)22-11-13-23(14-12-22)28-18-15-21(25(28)29)19-20-9-5-6-10-24(20)27-16-7-4-8-17-27;26-22-20(10-11-23-22)16-19-8-4-5-9-21(19)25-14-12-24(13-15-25)17-18-6-2-1-3-7-18;21-15-17-8-4-5-9-18(17)20-12-10-19(11-13-20)14-16-6-2-1-3-7-16;19-16-14(8-9-17-16)12-13-6-2-3-7-15(13)18-10-4-1-5-11-18;1-2-4-11(5-3-1)10-13-8-6-12-7-9-13;1-10(2,12-3)8-4-6-9(11)7-5-8;8-7-4-2-1-3-6(7)5-9;1-5(8)7-4-2-3-6(7)9;2-1-4-3;;;/h5-6,9-14,21H,4,7-8,15-19H2,1-3H3;1-9,16H,10-15,17H2,(H,23,26);1-9,15H,10-14H2;2-3,6-7,14H,1,4-5,8-12H2,(H,17,19);1-5,12H,6-10H2;4-7H,1-3H3;1-5H;2-4H2,1H3;1,3H;;;/q;;;;;;;;;2*+1;-1/p-1/b;20-16+;;;;;;;;;;. The largest absolute Gasteiger partial charge is 1.00 e. The van der Waals surface area contributed by atoms with Crippen LogP contribution in [-0.2, 0) is 86.8 Å². The molecule has 24 nitrogen and oxygen atoms in total. The van der Waals surface area contributed by atoms with Crippen LogP contribution in [0.3, 0.4) is 0 Å². The van der Waals surface area contributed by atoms with Crippen molar-refractivity contribution in [3.05, 3.63) is 332 Å². The van der Waals surface area contributed by atoms with Crippen molar-refractivity contribution < 1.29 is 167 Å². The van der Waals surface area contributed by atoms with Crippen molar-refractivity contribution >= 4 is 99.0 Å². The summed E-state index contributed by atoms with van der Waals surface area (Å²) in [6.45, 7) is 32.9. The number of para-hydroxylation sites is 4. The number of nitrogens with one attached hydrogen (secondary N) is 3. The average Bonchev–Trinajstić information content (AvgIpc) is 1.51. The number of carbonyl (C=O) groups is 8. The van der Waals surface area contributed by atoms with E-state index >= 15 is 0 Å². The molecule has 2 unspecified atom stereocenters. The van der Waals surface area contributed by atoms with E-state index in [9.17, 15) is 38.0 Å². The van der Waals surface area contributed by atoms with Gasteiger partial charge in [0, 0.05) is 234 Å². The first-order chi connectivity index (χ1) is 69.5. The SMILES string of the molecule is CC(=O)N1CCCC1=O.COC(C)(C)c1ccc(Br)cc1.COC(C)(C)c1ccc(N2CCC(Cc3ccccc3N3CCCCC3)C2=O)cc1.O=C1NCC/C1=C\c1ccccc1N1CCN(Cc2ccccc2)CC1.O=C1NCCC1Cc1ccccc1N1CCCCC1.O=CO[O-].O=Cc1ccccc1F.O=Cc1ccccc1N1CCN(Cc2ccccc2)CC1.[H-].[K+].[K+].c1ccc(CN2CCNCC2)cc1. The van der Waals surface area contributed by atoms with Crippen LogP contribution < -0.4 is 148 Å². The monoisotopic (exact) mass is 2090 g/mol. The van der Waals surface area contributed by atoms with Gasteiger partial charge in [-0.1, -0.05) is 210 Å². The second-order valence-corrected chi connectivity index (χ2v) is 38.8. The Labute approximate surface area is 953 Å². The number of piperidine rings is 2. The first-order valence-corrected chi connectivity index (χ1v) is 51.3. The minimum absolute atomic E-state index is 0. The fourth-order valence-corrected chi connectivity index (χ4v) is 19.1. The van der Waals surface area contributed by atoms with Crippen LogP contribution in [0.1, 0.15) is 172 Å². The molecule has 0 spiro atoms. The summed E-state index contributed by atoms with van der Waals surface area (Å²) in [5.74, 6) is 0.174. The molecule has 145 heavy (non-hydrogen) atoms. The maximum atomic E-state index is 13.2. The van der Waals surface area contributed by atoms with E-state index in [-0.39, 0.29) is 169 Å². The zero-order valence-corrected chi connectivity index (χ0v) is 94.3. The van der Waals surface area contributed by atoms with E-state index in [0.29, 0.717) is 19.3 Å². The van der Waals surface area contributed by atoms with Gasteiger partial charge in [-0.2, -0.15) is 0 Å². The van der Waals surface area contributed by atoms with Crippen molar-refractivity contribution in [3.63, 3.8) is 0 Å². The zero-order valence-electron chi connectivity index (χ0n) is 87.4. The molecular formula is C117H146BrFK2N12O12. The predicted molar refractivity (Wildman–Crippen MR) is 573 cm³/mol. The Morgan fingerprint density at radius 2 is 0.841 bits per heavy atom. The quantitative estimate of drug-likeness (QED) is 0.0177. The van der Waals surface area contributed by atoms with Crippen LogP contribution in [0.4, 0.5) is 32.8 Å². The third kappa shape index (κ3) is 38.8. The maximum Gasteiger partial charge on any atom is 1.00 e. The normalized spacial score (nSPS) is 17.6. The molecule has 10 aromatic carbocycles. The summed E-state index contributed by atoms with van der Waals surface area (Å²) in [5.41, 5.74) is 17.5. The number of methoxy groups -OCH3 is 2. The van der Waals surface area contributed by atoms with E-state index in [1.807, 2.05) is 41.3 Å². The molecule has 9 aliphatic rings. The van der Waals surface area contributed by atoms with Crippen molar-refractivity contribution in [2.75, 3.05) is 170 Å². The third-order valence-electron chi connectivity index (χ3n) is 27.4. The molecule has 2 atom stereocenters. The Bertz CT molecular complexity index is 5620. The molecule has 9 heterocycles. The van der Waals surface area contributed by atoms with Crippen LogP contribution in [-0.4, -0.2) is 213 Å². The van der Waals surface area contributed by atoms with Crippen LogP contribution in [0.25, 0.3) is 6.08 Å². The first kappa shape index (κ1) is 119. The molecule has 0 radical (unpaired) electrons. The van der Waals surface area contributed by atoms with Gasteiger partial charge in [0.2, 0.25) is 29.5 Å².